The SMILES string of the molecule is CCCCCCCCOP(=O)(OCCCCCCCC)c1ccccc1.CP(C)(=O)O. The van der Waals surface area contributed by atoms with Gasteiger partial charge in [-0.3, -0.25) is 9.13 Å². The number of hydrogen-bond acceptors (Lipinski definition) is 4. The van der Waals surface area contributed by atoms with Crippen molar-refractivity contribution in [1.82, 2.24) is 0 Å². The average Bonchev–Trinajstić information content (AvgIpc) is 2.72. The monoisotopic (exact) mass is 476 g/mol. The summed E-state index contributed by atoms with van der Waals surface area (Å²) in [7, 11) is -5.83. The molecule has 1 aromatic carbocycles. The zero-order chi connectivity index (χ0) is 23.4. The van der Waals surface area contributed by atoms with Crippen LogP contribution in [0.15, 0.2) is 30.3 Å². The normalized spacial score (nSPS) is 11.8. The van der Waals surface area contributed by atoms with Crippen LogP contribution in [-0.2, 0) is 18.2 Å². The summed E-state index contributed by atoms with van der Waals surface area (Å²) in [6.45, 7) is 8.06. The van der Waals surface area contributed by atoms with Crippen LogP contribution in [0.5, 0.6) is 0 Å². The highest BCUT2D eigenvalue weighted by atomic mass is 31.2. The molecule has 1 aromatic rings. The molecule has 0 aliphatic carbocycles. The smallest absolute Gasteiger partial charge is 0.345 e. The summed E-state index contributed by atoms with van der Waals surface area (Å²) in [5.74, 6) is 0. The second kappa shape index (κ2) is 19.1. The molecule has 0 radical (unpaired) electrons. The molecule has 0 saturated carbocycles. The lowest BCUT2D eigenvalue weighted by atomic mass is 10.1. The van der Waals surface area contributed by atoms with E-state index < -0.39 is 15.0 Å². The molecule has 0 bridgehead atoms. The van der Waals surface area contributed by atoms with Crippen LogP contribution in [0.4, 0.5) is 0 Å². The molecule has 0 amide bonds. The number of unbranched alkanes of at least 4 members (excludes halogenated alkanes) is 10. The lowest BCUT2D eigenvalue weighted by Gasteiger charge is -2.19. The summed E-state index contributed by atoms with van der Waals surface area (Å²) in [5.41, 5.74) is 0. The standard InChI is InChI=1S/C22H39O3P.C2H7O2P/c1-3-5-7-9-11-16-20-24-26(23,22-18-14-13-15-19-22)25-21-17-12-10-8-6-4-2;1-5(2,3)4/h13-15,18-19H,3-12,16-17,20-21H2,1-2H3;1-2H3,(H,3,4). The second-order valence-corrected chi connectivity index (χ2v) is 12.9. The van der Waals surface area contributed by atoms with Gasteiger partial charge >= 0.3 is 7.60 Å². The predicted octanol–water partition coefficient (Wildman–Crippen LogP) is 7.78. The van der Waals surface area contributed by atoms with Gasteiger partial charge in [0.15, 0.2) is 7.37 Å². The highest BCUT2D eigenvalue weighted by Crippen LogP contribution is 2.47. The van der Waals surface area contributed by atoms with Gasteiger partial charge in [-0.05, 0) is 25.0 Å². The van der Waals surface area contributed by atoms with Crippen molar-refractivity contribution in [3.63, 3.8) is 0 Å². The topological polar surface area (TPSA) is 72.8 Å². The lowest BCUT2D eigenvalue weighted by Crippen LogP contribution is -2.11. The van der Waals surface area contributed by atoms with Gasteiger partial charge in [-0.1, -0.05) is 96.3 Å². The van der Waals surface area contributed by atoms with Gasteiger partial charge in [0.05, 0.1) is 18.5 Å². The van der Waals surface area contributed by atoms with Crippen LogP contribution in [-0.4, -0.2) is 31.4 Å². The van der Waals surface area contributed by atoms with Gasteiger partial charge in [-0.2, -0.15) is 0 Å². The van der Waals surface area contributed by atoms with Crippen molar-refractivity contribution in [3.8, 4) is 0 Å². The van der Waals surface area contributed by atoms with Gasteiger partial charge in [-0.15, -0.1) is 0 Å². The Morgan fingerprint density at radius 3 is 1.42 bits per heavy atom. The molecule has 0 saturated heterocycles. The first-order chi connectivity index (χ1) is 14.7. The van der Waals surface area contributed by atoms with Crippen molar-refractivity contribution in [1.29, 1.82) is 0 Å². The summed E-state index contributed by atoms with van der Waals surface area (Å²) in [6, 6.07) is 9.41. The van der Waals surface area contributed by atoms with E-state index in [9.17, 15) is 9.13 Å². The Morgan fingerprint density at radius 1 is 0.677 bits per heavy atom. The Kier molecular flexibility index (Phi) is 18.8. The molecule has 0 aromatic heterocycles. The molecule has 0 aliphatic heterocycles. The molecule has 0 fully saturated rings. The Morgan fingerprint density at radius 2 is 1.03 bits per heavy atom. The van der Waals surface area contributed by atoms with Crippen LogP contribution in [0.3, 0.4) is 0 Å². The Bertz CT molecular complexity index is 585. The molecule has 31 heavy (non-hydrogen) atoms. The van der Waals surface area contributed by atoms with Gasteiger partial charge < -0.3 is 13.9 Å². The van der Waals surface area contributed by atoms with Crippen LogP contribution in [0, 0.1) is 0 Å². The molecular formula is C24H46O5P2. The maximum atomic E-state index is 13.2. The molecule has 0 spiro atoms. The number of rotatable bonds is 17. The van der Waals surface area contributed by atoms with Crippen LogP contribution >= 0.6 is 15.0 Å². The van der Waals surface area contributed by atoms with E-state index in [1.807, 2.05) is 30.3 Å². The summed E-state index contributed by atoms with van der Waals surface area (Å²) >= 11 is 0. The van der Waals surface area contributed by atoms with Gasteiger partial charge in [0.2, 0.25) is 0 Å². The van der Waals surface area contributed by atoms with E-state index in [2.05, 4.69) is 13.8 Å². The minimum absolute atomic E-state index is 0.509. The molecule has 1 N–H and O–H groups in total. The zero-order valence-electron chi connectivity index (χ0n) is 20.3. The zero-order valence-corrected chi connectivity index (χ0v) is 22.0. The quantitative estimate of drug-likeness (QED) is 0.184. The first-order valence-corrected chi connectivity index (χ1v) is 16.0. The maximum Gasteiger partial charge on any atom is 0.361 e. The summed E-state index contributed by atoms with van der Waals surface area (Å²) in [4.78, 5) is 8.08. The van der Waals surface area contributed by atoms with Crippen molar-refractivity contribution in [2.45, 2.75) is 90.9 Å². The van der Waals surface area contributed by atoms with Gasteiger partial charge in [-0.25, -0.2) is 0 Å². The molecule has 0 heterocycles. The van der Waals surface area contributed by atoms with Gasteiger partial charge in [0.1, 0.15) is 0 Å². The van der Waals surface area contributed by atoms with E-state index in [1.54, 1.807) is 0 Å². The third-order valence-corrected chi connectivity index (χ3v) is 6.57. The van der Waals surface area contributed by atoms with Crippen LogP contribution < -0.4 is 5.30 Å². The summed E-state index contributed by atoms with van der Waals surface area (Å²) in [6.07, 6.45) is 14.3. The van der Waals surface area contributed by atoms with Crippen molar-refractivity contribution < 1.29 is 23.1 Å². The first kappa shape index (κ1) is 30.6. The molecule has 182 valence electrons. The van der Waals surface area contributed by atoms with Crippen LogP contribution in [0.1, 0.15) is 90.9 Å². The van der Waals surface area contributed by atoms with Crippen molar-refractivity contribution in [2.75, 3.05) is 26.5 Å². The Labute approximate surface area is 191 Å². The minimum Gasteiger partial charge on any atom is -0.345 e. The van der Waals surface area contributed by atoms with Gasteiger partial charge in [0.25, 0.3) is 0 Å². The van der Waals surface area contributed by atoms with E-state index in [1.165, 1.54) is 64.7 Å². The van der Waals surface area contributed by atoms with E-state index in [4.69, 9.17) is 13.9 Å². The largest absolute Gasteiger partial charge is 0.361 e. The fourth-order valence-electron chi connectivity index (χ4n) is 2.93. The van der Waals surface area contributed by atoms with Crippen LogP contribution in [0.2, 0.25) is 0 Å². The minimum atomic E-state index is -3.19. The second-order valence-electron chi connectivity index (χ2n) is 8.33. The maximum absolute atomic E-state index is 13.2. The number of benzene rings is 1. The van der Waals surface area contributed by atoms with Crippen molar-refractivity contribution >= 4 is 20.3 Å². The van der Waals surface area contributed by atoms with Crippen molar-refractivity contribution in [2.24, 2.45) is 0 Å². The van der Waals surface area contributed by atoms with Crippen LogP contribution in [0.25, 0.3) is 0 Å². The van der Waals surface area contributed by atoms with E-state index in [0.717, 1.165) is 25.7 Å². The number of hydrogen-bond donors (Lipinski definition) is 1. The predicted molar refractivity (Wildman–Crippen MR) is 134 cm³/mol. The Balaban J connectivity index is 0.00000161. The third kappa shape index (κ3) is 19.9. The van der Waals surface area contributed by atoms with E-state index in [-0.39, 0.29) is 0 Å². The molecule has 5 nitrogen and oxygen atoms in total. The summed E-state index contributed by atoms with van der Waals surface area (Å²) < 4.78 is 34.6. The van der Waals surface area contributed by atoms with Crippen molar-refractivity contribution in [3.05, 3.63) is 30.3 Å². The van der Waals surface area contributed by atoms with E-state index in [0.29, 0.717) is 18.5 Å². The highest BCUT2D eigenvalue weighted by molar-refractivity contribution is 7.62. The first-order valence-electron chi connectivity index (χ1n) is 12.0. The Hall–Kier alpha value is -0.440. The third-order valence-electron chi connectivity index (χ3n) is 4.59. The fourth-order valence-corrected chi connectivity index (χ4v) is 4.58. The van der Waals surface area contributed by atoms with E-state index >= 15 is 0 Å². The molecule has 0 atom stereocenters. The molecular weight excluding hydrogens is 430 g/mol. The molecule has 1 rings (SSSR count). The summed E-state index contributed by atoms with van der Waals surface area (Å²) in [5, 5.41) is 0.678. The molecule has 0 aliphatic rings. The lowest BCUT2D eigenvalue weighted by molar-refractivity contribution is 0.206. The molecule has 0 unspecified atom stereocenters. The molecule has 7 heteroatoms. The highest BCUT2D eigenvalue weighted by Gasteiger charge is 2.27. The fraction of sp³-hybridized carbons (Fsp3) is 0.750. The average molecular weight is 477 g/mol. The van der Waals surface area contributed by atoms with Gasteiger partial charge in [0, 0.05) is 13.3 Å².